The zero-order valence-corrected chi connectivity index (χ0v) is 30.8. The normalized spacial score (nSPS) is 15.7. The van der Waals surface area contributed by atoms with E-state index in [9.17, 15) is 24.0 Å². The number of aliphatic imine (C=N–C) groups is 1. The number of methoxy groups -OCH3 is 1. The number of benzene rings is 3. The molecule has 13 heteroatoms. The van der Waals surface area contributed by atoms with Crippen LogP contribution in [0, 0.1) is 13.8 Å². The van der Waals surface area contributed by atoms with E-state index in [1.165, 1.54) is 29.9 Å². The highest BCUT2D eigenvalue weighted by molar-refractivity contribution is 6.20. The van der Waals surface area contributed by atoms with Crippen molar-refractivity contribution in [2.45, 2.75) is 78.1 Å². The molecule has 0 saturated heterocycles. The minimum absolute atomic E-state index is 0.187. The van der Waals surface area contributed by atoms with Crippen molar-refractivity contribution in [2.75, 3.05) is 25.1 Å². The number of aryl methyl sites for hydroxylation is 2. The predicted molar refractivity (Wildman–Crippen MR) is 200 cm³/mol. The van der Waals surface area contributed by atoms with Crippen LogP contribution < -0.4 is 21.1 Å². The zero-order valence-electron chi connectivity index (χ0n) is 30.8. The maximum Gasteiger partial charge on any atom is 0.407 e. The number of carbonyl (C=O) groups excluding carboxylic acids is 4. The molecular formula is C40H44N6O7. The lowest BCUT2D eigenvalue weighted by Crippen LogP contribution is -2.41. The molecule has 1 unspecified atom stereocenters. The van der Waals surface area contributed by atoms with Gasteiger partial charge in [0, 0.05) is 29.8 Å². The summed E-state index contributed by atoms with van der Waals surface area (Å²) >= 11 is 0. The molecule has 276 valence electrons. The van der Waals surface area contributed by atoms with Gasteiger partial charge in [-0.1, -0.05) is 42.0 Å². The minimum atomic E-state index is -1.21. The SMILES string of the molecule is COC(=O)[C@H](CCCCNC(=O)OC(C)(C)C)NC(=O)c1ccc2c(=O)n(C3N=C(c4ccccc4)c4cc(C)cc5c4N(CC5)C3=O)c(C)nc2c1. The Morgan fingerprint density at radius 1 is 1.00 bits per heavy atom. The molecule has 0 aliphatic carbocycles. The monoisotopic (exact) mass is 720 g/mol. The quantitative estimate of drug-likeness (QED) is 0.173. The number of anilines is 1. The Balaban J connectivity index is 1.26. The molecule has 0 radical (unpaired) electrons. The van der Waals surface area contributed by atoms with Gasteiger partial charge in [-0.15, -0.1) is 0 Å². The van der Waals surface area contributed by atoms with Crippen molar-refractivity contribution in [1.29, 1.82) is 0 Å². The van der Waals surface area contributed by atoms with Gasteiger partial charge in [0.05, 0.1) is 29.4 Å². The van der Waals surface area contributed by atoms with Crippen molar-refractivity contribution in [3.8, 4) is 0 Å². The summed E-state index contributed by atoms with van der Waals surface area (Å²) in [5.74, 6) is -1.23. The van der Waals surface area contributed by atoms with Gasteiger partial charge in [0.15, 0.2) is 0 Å². The highest BCUT2D eigenvalue weighted by Crippen LogP contribution is 2.39. The van der Waals surface area contributed by atoms with E-state index in [0.29, 0.717) is 38.1 Å². The van der Waals surface area contributed by atoms with Gasteiger partial charge in [-0.25, -0.2) is 19.6 Å². The fraction of sp³-hybridized carbons (Fsp3) is 0.375. The molecule has 6 rings (SSSR count). The fourth-order valence-electron chi connectivity index (χ4n) is 6.84. The molecule has 2 aliphatic heterocycles. The van der Waals surface area contributed by atoms with E-state index in [1.807, 2.05) is 43.3 Å². The van der Waals surface area contributed by atoms with Gasteiger partial charge in [-0.3, -0.25) is 19.0 Å². The average molecular weight is 721 g/mol. The highest BCUT2D eigenvalue weighted by atomic mass is 16.6. The Labute approximate surface area is 307 Å². The summed E-state index contributed by atoms with van der Waals surface area (Å²) < 4.78 is 11.5. The van der Waals surface area contributed by atoms with Crippen LogP contribution in [0.15, 0.2) is 70.5 Å². The molecule has 0 saturated carbocycles. The molecule has 53 heavy (non-hydrogen) atoms. The number of fused-ring (bicyclic) bond motifs is 1. The fourth-order valence-corrected chi connectivity index (χ4v) is 6.84. The summed E-state index contributed by atoms with van der Waals surface area (Å²) in [4.78, 5) is 77.9. The summed E-state index contributed by atoms with van der Waals surface area (Å²) in [7, 11) is 1.24. The summed E-state index contributed by atoms with van der Waals surface area (Å²) in [5, 5.41) is 5.61. The lowest BCUT2D eigenvalue weighted by molar-refractivity contribution is -0.143. The summed E-state index contributed by atoms with van der Waals surface area (Å²) in [6.45, 7) is 9.79. The molecule has 3 aromatic carbocycles. The van der Waals surface area contributed by atoms with E-state index in [0.717, 1.165) is 27.9 Å². The molecular weight excluding hydrogens is 676 g/mol. The number of rotatable bonds is 10. The van der Waals surface area contributed by atoms with Crippen LogP contribution >= 0.6 is 0 Å². The zero-order chi connectivity index (χ0) is 38.0. The summed E-state index contributed by atoms with van der Waals surface area (Å²) in [6.07, 6.45) is 0.272. The number of hydrogen-bond donors (Lipinski definition) is 2. The molecule has 3 amide bonds. The summed E-state index contributed by atoms with van der Waals surface area (Å²) in [6, 6.07) is 17.3. The van der Waals surface area contributed by atoms with E-state index < -0.39 is 41.3 Å². The number of esters is 1. The molecule has 2 aliphatic rings. The number of nitrogens with zero attached hydrogens (tertiary/aromatic N) is 4. The topological polar surface area (TPSA) is 161 Å². The maximum absolute atomic E-state index is 14.3. The van der Waals surface area contributed by atoms with Gasteiger partial charge < -0.3 is 25.0 Å². The lowest BCUT2D eigenvalue weighted by Gasteiger charge is -2.23. The average Bonchev–Trinajstić information content (AvgIpc) is 3.49. The first-order valence-electron chi connectivity index (χ1n) is 17.7. The number of carbonyl (C=O) groups is 4. The maximum atomic E-state index is 14.3. The Hall–Kier alpha value is -5.85. The van der Waals surface area contributed by atoms with E-state index in [1.54, 1.807) is 32.6 Å². The minimum Gasteiger partial charge on any atom is -0.467 e. The third-order valence-electron chi connectivity index (χ3n) is 9.21. The van der Waals surface area contributed by atoms with Gasteiger partial charge in [0.25, 0.3) is 17.4 Å². The second-order valence-electron chi connectivity index (χ2n) is 14.3. The molecule has 2 atom stereocenters. The molecule has 0 bridgehead atoms. The standard InChI is InChI=1S/C40H44N6O7/c1-23-20-26-17-19-45-33(26)29(21-23)32(25-12-8-7-9-13-25)44-34(37(45)49)46-24(2)42-31-22-27(15-16-28(31)36(46)48)35(47)43-30(38(50)52-6)14-10-11-18-41-39(51)53-40(3,4)5/h7-9,12-13,15-16,20-22,30,34H,10-11,14,17-19H2,1-6H3,(H,41,51)(H,43,47)/t30-,34?/m0/s1. The van der Waals surface area contributed by atoms with E-state index in [2.05, 4.69) is 21.7 Å². The molecule has 3 heterocycles. The van der Waals surface area contributed by atoms with Crippen LogP contribution in [0.4, 0.5) is 10.5 Å². The van der Waals surface area contributed by atoms with Crippen molar-refractivity contribution in [3.05, 3.63) is 105 Å². The van der Waals surface area contributed by atoms with E-state index >= 15 is 0 Å². The Bertz CT molecular complexity index is 2190. The van der Waals surface area contributed by atoms with Crippen molar-refractivity contribution in [3.63, 3.8) is 0 Å². The predicted octanol–water partition coefficient (Wildman–Crippen LogP) is 4.92. The van der Waals surface area contributed by atoms with Crippen molar-refractivity contribution >= 4 is 46.2 Å². The number of alkyl carbamates (subject to hydrolysis) is 1. The smallest absolute Gasteiger partial charge is 0.407 e. The van der Waals surface area contributed by atoms with Crippen LogP contribution in [0.2, 0.25) is 0 Å². The molecule has 4 aromatic rings. The largest absolute Gasteiger partial charge is 0.467 e. The lowest BCUT2D eigenvalue weighted by atomic mass is 9.96. The molecule has 1 aromatic heterocycles. The number of amides is 3. The Morgan fingerprint density at radius 3 is 2.47 bits per heavy atom. The highest BCUT2D eigenvalue weighted by Gasteiger charge is 2.38. The Kier molecular flexibility index (Phi) is 10.5. The van der Waals surface area contributed by atoms with Crippen LogP contribution in [0.5, 0.6) is 0 Å². The third-order valence-corrected chi connectivity index (χ3v) is 9.21. The van der Waals surface area contributed by atoms with Crippen molar-refractivity contribution in [2.24, 2.45) is 4.99 Å². The second-order valence-corrected chi connectivity index (χ2v) is 14.3. The van der Waals surface area contributed by atoms with E-state index in [4.69, 9.17) is 14.5 Å². The van der Waals surface area contributed by atoms with Gasteiger partial charge >= 0.3 is 12.1 Å². The van der Waals surface area contributed by atoms with Crippen molar-refractivity contribution < 1.29 is 28.7 Å². The Morgan fingerprint density at radius 2 is 1.75 bits per heavy atom. The van der Waals surface area contributed by atoms with Gasteiger partial charge in [-0.05, 0) is 90.1 Å². The number of ether oxygens (including phenoxy) is 2. The second kappa shape index (κ2) is 15.0. The molecule has 13 nitrogen and oxygen atoms in total. The number of unbranched alkanes of at least 4 members (excludes halogenated alkanes) is 1. The van der Waals surface area contributed by atoms with Crippen LogP contribution in [0.3, 0.4) is 0 Å². The molecule has 2 N–H and O–H groups in total. The molecule has 0 spiro atoms. The third kappa shape index (κ3) is 7.84. The van der Waals surface area contributed by atoms with Crippen molar-refractivity contribution in [1.82, 2.24) is 20.2 Å². The molecule has 0 fully saturated rings. The number of nitrogens with one attached hydrogen (secondary N) is 2. The van der Waals surface area contributed by atoms with Crippen LogP contribution in [-0.4, -0.2) is 71.0 Å². The van der Waals surface area contributed by atoms with Crippen LogP contribution in [-0.2, 0) is 25.5 Å². The first-order valence-corrected chi connectivity index (χ1v) is 17.7. The van der Waals surface area contributed by atoms with E-state index in [-0.39, 0.29) is 34.6 Å². The van der Waals surface area contributed by atoms with Gasteiger partial charge in [-0.2, -0.15) is 0 Å². The first kappa shape index (κ1) is 36.9. The first-order chi connectivity index (χ1) is 25.3. The van der Waals surface area contributed by atoms with Crippen LogP contribution in [0.1, 0.15) is 84.6 Å². The summed E-state index contributed by atoms with van der Waals surface area (Å²) in [5.41, 5.74) is 4.59. The number of hydrogen-bond acceptors (Lipinski definition) is 9. The van der Waals surface area contributed by atoms with Gasteiger partial charge in [0.2, 0.25) is 6.17 Å². The van der Waals surface area contributed by atoms with Crippen LogP contribution in [0.25, 0.3) is 10.9 Å². The number of aromatic nitrogens is 2. The van der Waals surface area contributed by atoms with Gasteiger partial charge in [0.1, 0.15) is 17.5 Å².